The molecule has 0 aromatic heterocycles. The lowest BCUT2D eigenvalue weighted by molar-refractivity contribution is -0.116. The molecule has 1 unspecified atom stereocenters. The van der Waals surface area contributed by atoms with Gasteiger partial charge in [0, 0.05) is 12.5 Å². The highest BCUT2D eigenvalue weighted by atomic mass is 19.1. The van der Waals surface area contributed by atoms with Gasteiger partial charge in [-0.3, -0.25) is 4.79 Å². The third-order valence-corrected chi connectivity index (χ3v) is 3.76. The van der Waals surface area contributed by atoms with E-state index in [1.54, 1.807) is 0 Å². The van der Waals surface area contributed by atoms with Crippen molar-refractivity contribution in [2.75, 3.05) is 24.1 Å². The minimum atomic E-state index is -0.405. The topological polar surface area (TPSA) is 58.4 Å². The van der Waals surface area contributed by atoms with Crippen LogP contribution in [-0.4, -0.2) is 29.9 Å². The summed E-state index contributed by atoms with van der Waals surface area (Å²) in [4.78, 5) is 14.2. The Morgan fingerprint density at radius 2 is 2.14 bits per heavy atom. The number of anilines is 2. The van der Waals surface area contributed by atoms with Crippen LogP contribution in [0.5, 0.6) is 0 Å². The zero-order valence-corrected chi connectivity index (χ0v) is 13.2. The smallest absolute Gasteiger partial charge is 0.224 e. The van der Waals surface area contributed by atoms with E-state index in [9.17, 15) is 9.18 Å². The van der Waals surface area contributed by atoms with Gasteiger partial charge in [-0.25, -0.2) is 4.39 Å². The number of nitrogen functional groups attached to an aromatic ring is 1. The van der Waals surface area contributed by atoms with E-state index >= 15 is 0 Å². The van der Waals surface area contributed by atoms with Crippen LogP contribution in [0.25, 0.3) is 0 Å². The number of nitrogens with two attached hydrogens (primary N) is 1. The molecule has 1 aromatic rings. The second-order valence-electron chi connectivity index (χ2n) is 5.27. The first-order valence-electron chi connectivity index (χ1n) is 7.56. The van der Waals surface area contributed by atoms with Gasteiger partial charge in [-0.05, 0) is 51.1 Å². The zero-order chi connectivity index (χ0) is 15.8. The zero-order valence-electron chi connectivity index (χ0n) is 13.2. The Hall–Kier alpha value is -1.62. The molecule has 0 aliphatic carbocycles. The van der Waals surface area contributed by atoms with Gasteiger partial charge in [0.05, 0.1) is 11.4 Å². The van der Waals surface area contributed by atoms with Crippen LogP contribution in [-0.2, 0) is 4.79 Å². The molecule has 0 radical (unpaired) electrons. The minimum absolute atomic E-state index is 0.0893. The molecular weight excluding hydrogens is 269 g/mol. The largest absolute Gasteiger partial charge is 0.397 e. The molecule has 5 heteroatoms. The Balaban J connectivity index is 2.40. The molecule has 0 saturated heterocycles. The van der Waals surface area contributed by atoms with Crippen LogP contribution in [0.3, 0.4) is 0 Å². The summed E-state index contributed by atoms with van der Waals surface area (Å²) in [5, 5.41) is 2.72. The van der Waals surface area contributed by atoms with Crippen molar-refractivity contribution >= 4 is 17.3 Å². The summed E-state index contributed by atoms with van der Waals surface area (Å²) in [5.74, 6) is -0.494. The number of benzene rings is 1. The maximum absolute atomic E-state index is 12.9. The van der Waals surface area contributed by atoms with Crippen LogP contribution in [0.1, 0.15) is 40.0 Å². The third kappa shape index (κ3) is 5.71. The van der Waals surface area contributed by atoms with E-state index in [-0.39, 0.29) is 11.6 Å². The molecule has 0 bridgehead atoms. The molecule has 1 aromatic carbocycles. The van der Waals surface area contributed by atoms with Crippen LogP contribution < -0.4 is 11.1 Å². The molecule has 0 fully saturated rings. The Morgan fingerprint density at radius 3 is 2.71 bits per heavy atom. The Bertz CT molecular complexity index is 465. The first kappa shape index (κ1) is 17.4. The summed E-state index contributed by atoms with van der Waals surface area (Å²) < 4.78 is 12.9. The van der Waals surface area contributed by atoms with Gasteiger partial charge in [0.25, 0.3) is 0 Å². The van der Waals surface area contributed by atoms with Crippen molar-refractivity contribution in [2.45, 2.75) is 46.1 Å². The van der Waals surface area contributed by atoms with Crippen molar-refractivity contribution < 1.29 is 9.18 Å². The number of hydrogen-bond donors (Lipinski definition) is 2. The number of carbonyl (C=O) groups is 1. The molecule has 0 aliphatic rings. The van der Waals surface area contributed by atoms with Crippen molar-refractivity contribution in [3.05, 3.63) is 24.0 Å². The molecule has 118 valence electrons. The number of rotatable bonds is 8. The van der Waals surface area contributed by atoms with E-state index in [1.807, 2.05) is 0 Å². The molecule has 1 rings (SSSR count). The number of halogens is 1. The number of nitrogens with one attached hydrogen (secondary N) is 1. The van der Waals surface area contributed by atoms with Crippen LogP contribution in [0.4, 0.5) is 15.8 Å². The predicted molar refractivity (Wildman–Crippen MR) is 85.7 cm³/mol. The molecule has 0 saturated carbocycles. The van der Waals surface area contributed by atoms with Gasteiger partial charge in [-0.1, -0.05) is 13.8 Å². The second-order valence-corrected chi connectivity index (χ2v) is 5.27. The van der Waals surface area contributed by atoms with Gasteiger partial charge in [0.1, 0.15) is 5.82 Å². The fraction of sp³-hybridized carbons (Fsp3) is 0.562. The first-order valence-corrected chi connectivity index (χ1v) is 7.56. The number of carbonyl (C=O) groups excluding carboxylic acids is 1. The first-order chi connectivity index (χ1) is 9.97. The highest BCUT2D eigenvalue weighted by Gasteiger charge is 2.11. The number of nitrogens with zero attached hydrogens (tertiary/aromatic N) is 1. The maximum Gasteiger partial charge on any atom is 0.224 e. The van der Waals surface area contributed by atoms with E-state index in [0.717, 1.165) is 25.9 Å². The van der Waals surface area contributed by atoms with Gasteiger partial charge in [-0.2, -0.15) is 0 Å². The third-order valence-electron chi connectivity index (χ3n) is 3.76. The van der Waals surface area contributed by atoms with Crippen molar-refractivity contribution in [2.24, 2.45) is 0 Å². The number of amides is 1. The number of hydrogen-bond acceptors (Lipinski definition) is 3. The van der Waals surface area contributed by atoms with Gasteiger partial charge < -0.3 is 16.0 Å². The highest BCUT2D eigenvalue weighted by Crippen LogP contribution is 2.19. The molecular formula is C16H26FN3O. The normalized spacial score (nSPS) is 12.4. The molecule has 1 atom stereocenters. The van der Waals surface area contributed by atoms with E-state index < -0.39 is 5.82 Å². The lowest BCUT2D eigenvalue weighted by atomic mass is 10.2. The van der Waals surface area contributed by atoms with Crippen molar-refractivity contribution in [3.8, 4) is 0 Å². The Kier molecular flexibility index (Phi) is 7.15. The molecule has 4 nitrogen and oxygen atoms in total. The SMILES string of the molecule is CCC(C)N(CC)CCCC(=O)Nc1ccc(F)cc1N. The van der Waals surface area contributed by atoms with E-state index in [0.29, 0.717) is 18.2 Å². The summed E-state index contributed by atoms with van der Waals surface area (Å²) in [5.41, 5.74) is 6.38. The molecule has 3 N–H and O–H groups in total. The van der Waals surface area contributed by atoms with Gasteiger partial charge in [0.15, 0.2) is 0 Å². The monoisotopic (exact) mass is 295 g/mol. The second kappa shape index (κ2) is 8.62. The Morgan fingerprint density at radius 1 is 1.43 bits per heavy atom. The minimum Gasteiger partial charge on any atom is -0.397 e. The van der Waals surface area contributed by atoms with E-state index in [4.69, 9.17) is 5.73 Å². The van der Waals surface area contributed by atoms with Crippen molar-refractivity contribution in [1.82, 2.24) is 4.90 Å². The van der Waals surface area contributed by atoms with E-state index in [2.05, 4.69) is 31.0 Å². The summed E-state index contributed by atoms with van der Waals surface area (Å²) in [6.45, 7) is 8.38. The maximum atomic E-state index is 12.9. The highest BCUT2D eigenvalue weighted by molar-refractivity contribution is 5.93. The van der Waals surface area contributed by atoms with Gasteiger partial charge in [0.2, 0.25) is 5.91 Å². The predicted octanol–water partition coefficient (Wildman–Crippen LogP) is 3.25. The van der Waals surface area contributed by atoms with Crippen LogP contribution in [0, 0.1) is 5.82 Å². The summed E-state index contributed by atoms with van der Waals surface area (Å²) in [6, 6.07) is 4.51. The Labute approximate surface area is 126 Å². The van der Waals surface area contributed by atoms with Crippen molar-refractivity contribution in [1.29, 1.82) is 0 Å². The van der Waals surface area contributed by atoms with Crippen LogP contribution >= 0.6 is 0 Å². The molecule has 0 aliphatic heterocycles. The average Bonchev–Trinajstić information content (AvgIpc) is 2.46. The van der Waals surface area contributed by atoms with Crippen molar-refractivity contribution in [3.63, 3.8) is 0 Å². The summed E-state index contributed by atoms with van der Waals surface area (Å²) in [7, 11) is 0. The average molecular weight is 295 g/mol. The fourth-order valence-electron chi connectivity index (χ4n) is 2.25. The van der Waals surface area contributed by atoms with Gasteiger partial charge >= 0.3 is 0 Å². The lowest BCUT2D eigenvalue weighted by Crippen LogP contribution is -2.33. The lowest BCUT2D eigenvalue weighted by Gasteiger charge is -2.26. The standard InChI is InChI=1S/C16H26FN3O/c1-4-12(3)20(5-2)10-6-7-16(21)19-15-9-8-13(17)11-14(15)18/h8-9,11-12H,4-7,10,18H2,1-3H3,(H,19,21). The molecule has 1 amide bonds. The fourth-order valence-corrected chi connectivity index (χ4v) is 2.25. The van der Waals surface area contributed by atoms with Crippen LogP contribution in [0.15, 0.2) is 18.2 Å². The summed E-state index contributed by atoms with van der Waals surface area (Å²) >= 11 is 0. The summed E-state index contributed by atoms with van der Waals surface area (Å²) in [6.07, 6.45) is 2.33. The quantitative estimate of drug-likeness (QED) is 0.724. The van der Waals surface area contributed by atoms with E-state index in [1.165, 1.54) is 18.2 Å². The van der Waals surface area contributed by atoms with Crippen LogP contribution in [0.2, 0.25) is 0 Å². The molecule has 0 heterocycles. The molecule has 21 heavy (non-hydrogen) atoms. The van der Waals surface area contributed by atoms with Gasteiger partial charge in [-0.15, -0.1) is 0 Å². The molecule has 0 spiro atoms.